The molecule has 0 amide bonds. The van der Waals surface area contributed by atoms with E-state index in [9.17, 15) is 0 Å². The Bertz CT molecular complexity index is 564. The molecule has 0 aliphatic carbocycles. The summed E-state index contributed by atoms with van der Waals surface area (Å²) >= 11 is 11.8. The maximum atomic E-state index is 5.98. The maximum absolute atomic E-state index is 5.98. The van der Waals surface area contributed by atoms with Gasteiger partial charge in [-0.15, -0.1) is 11.6 Å². The molecular weight excluding hydrogens is 267 g/mol. The van der Waals surface area contributed by atoms with Gasteiger partial charge >= 0.3 is 0 Å². The first kappa shape index (κ1) is 13.3. The molecule has 2 aromatic rings. The zero-order chi connectivity index (χ0) is 13.1. The molecule has 0 aromatic heterocycles. The lowest BCUT2D eigenvalue weighted by molar-refractivity contribution is 0.478. The molecule has 18 heavy (non-hydrogen) atoms. The molecule has 94 valence electrons. The lowest BCUT2D eigenvalue weighted by Crippen LogP contribution is -1.90. The molecule has 0 N–H and O–H groups in total. The molecule has 0 spiro atoms. The summed E-state index contributed by atoms with van der Waals surface area (Å²) in [4.78, 5) is 0. The molecular formula is C15H14Cl2O. The second kappa shape index (κ2) is 5.64. The fraction of sp³-hybridized carbons (Fsp3) is 0.200. The van der Waals surface area contributed by atoms with Crippen molar-refractivity contribution in [2.24, 2.45) is 0 Å². The minimum absolute atomic E-state index is 0.515. The van der Waals surface area contributed by atoms with Crippen molar-refractivity contribution in [1.29, 1.82) is 0 Å². The largest absolute Gasteiger partial charge is 0.457 e. The molecule has 0 atom stereocenters. The van der Waals surface area contributed by atoms with Crippen molar-refractivity contribution < 1.29 is 4.74 Å². The Kier molecular flexibility index (Phi) is 4.15. The summed E-state index contributed by atoms with van der Waals surface area (Å²) in [5, 5.41) is 0.747. The van der Waals surface area contributed by atoms with Gasteiger partial charge in [-0.3, -0.25) is 0 Å². The van der Waals surface area contributed by atoms with E-state index in [-0.39, 0.29) is 0 Å². The van der Waals surface area contributed by atoms with Crippen molar-refractivity contribution in [3.63, 3.8) is 0 Å². The predicted octanol–water partition coefficient (Wildman–Crippen LogP) is 5.49. The molecule has 0 saturated heterocycles. The third kappa shape index (κ3) is 2.98. The Morgan fingerprint density at radius 1 is 1.00 bits per heavy atom. The van der Waals surface area contributed by atoms with Crippen LogP contribution >= 0.6 is 23.2 Å². The van der Waals surface area contributed by atoms with Crippen LogP contribution in [0.1, 0.15) is 16.7 Å². The summed E-state index contributed by atoms with van der Waals surface area (Å²) < 4.78 is 5.84. The van der Waals surface area contributed by atoms with Crippen LogP contribution in [0.25, 0.3) is 0 Å². The molecule has 0 heterocycles. The number of halogens is 2. The quantitative estimate of drug-likeness (QED) is 0.676. The van der Waals surface area contributed by atoms with Crippen molar-refractivity contribution in [3.05, 3.63) is 58.1 Å². The van der Waals surface area contributed by atoms with Crippen LogP contribution in [0.5, 0.6) is 11.5 Å². The van der Waals surface area contributed by atoms with E-state index in [1.165, 1.54) is 0 Å². The highest BCUT2D eigenvalue weighted by Gasteiger charge is 2.04. The van der Waals surface area contributed by atoms with Gasteiger partial charge in [-0.25, -0.2) is 0 Å². The Morgan fingerprint density at radius 3 is 2.39 bits per heavy atom. The standard InChI is InChI=1S/C15H14Cl2O/c1-10-8-13(4-5-14(10)17)18-15-6-3-12(9-16)7-11(15)2/h3-8H,9H2,1-2H3. The van der Waals surface area contributed by atoms with Crippen molar-refractivity contribution in [1.82, 2.24) is 0 Å². The number of aryl methyl sites for hydroxylation is 2. The van der Waals surface area contributed by atoms with Gasteiger partial charge < -0.3 is 4.74 Å². The number of rotatable bonds is 3. The van der Waals surface area contributed by atoms with Crippen LogP contribution in [0, 0.1) is 13.8 Å². The summed E-state index contributed by atoms with van der Waals surface area (Å²) in [7, 11) is 0. The van der Waals surface area contributed by atoms with Crippen molar-refractivity contribution in [3.8, 4) is 11.5 Å². The molecule has 3 heteroatoms. The summed E-state index contributed by atoms with van der Waals surface area (Å²) in [6, 6.07) is 11.6. The van der Waals surface area contributed by atoms with Crippen LogP contribution in [0.15, 0.2) is 36.4 Å². The van der Waals surface area contributed by atoms with E-state index in [0.717, 1.165) is 33.2 Å². The monoisotopic (exact) mass is 280 g/mol. The molecule has 2 rings (SSSR count). The minimum Gasteiger partial charge on any atom is -0.457 e. The van der Waals surface area contributed by atoms with Gasteiger partial charge in [-0.05, 0) is 54.8 Å². The second-order valence-electron chi connectivity index (χ2n) is 4.25. The molecule has 0 saturated carbocycles. The van der Waals surface area contributed by atoms with Crippen LogP contribution < -0.4 is 4.74 Å². The number of benzene rings is 2. The van der Waals surface area contributed by atoms with Gasteiger partial charge in [0.25, 0.3) is 0 Å². The second-order valence-corrected chi connectivity index (χ2v) is 4.92. The van der Waals surface area contributed by atoms with Crippen LogP contribution in [-0.4, -0.2) is 0 Å². The summed E-state index contributed by atoms with van der Waals surface area (Å²) in [5.41, 5.74) is 3.17. The zero-order valence-electron chi connectivity index (χ0n) is 10.3. The number of hydrogen-bond acceptors (Lipinski definition) is 1. The zero-order valence-corrected chi connectivity index (χ0v) is 11.8. The van der Waals surface area contributed by atoms with Crippen LogP contribution in [0.2, 0.25) is 5.02 Å². The highest BCUT2D eigenvalue weighted by Crippen LogP contribution is 2.28. The van der Waals surface area contributed by atoms with Gasteiger partial charge in [0.2, 0.25) is 0 Å². The van der Waals surface area contributed by atoms with Crippen LogP contribution in [0.4, 0.5) is 0 Å². The minimum atomic E-state index is 0.515. The van der Waals surface area contributed by atoms with Gasteiger partial charge in [0.05, 0.1) is 0 Å². The Labute approximate surface area is 117 Å². The van der Waals surface area contributed by atoms with E-state index in [0.29, 0.717) is 5.88 Å². The lowest BCUT2D eigenvalue weighted by atomic mass is 10.1. The topological polar surface area (TPSA) is 9.23 Å². The lowest BCUT2D eigenvalue weighted by Gasteiger charge is -2.10. The average Bonchev–Trinajstić information content (AvgIpc) is 2.36. The summed E-state index contributed by atoms with van der Waals surface area (Å²) in [6.07, 6.45) is 0. The molecule has 0 unspecified atom stereocenters. The average molecular weight is 281 g/mol. The number of ether oxygens (including phenoxy) is 1. The van der Waals surface area contributed by atoms with Gasteiger partial charge in [-0.1, -0.05) is 23.7 Å². The number of hydrogen-bond donors (Lipinski definition) is 0. The van der Waals surface area contributed by atoms with Crippen LogP contribution in [0.3, 0.4) is 0 Å². The fourth-order valence-corrected chi connectivity index (χ4v) is 2.00. The summed E-state index contributed by atoms with van der Waals surface area (Å²) in [6.45, 7) is 3.97. The molecule has 1 nitrogen and oxygen atoms in total. The third-order valence-electron chi connectivity index (χ3n) is 2.75. The van der Waals surface area contributed by atoms with Crippen molar-refractivity contribution in [2.75, 3.05) is 0 Å². The van der Waals surface area contributed by atoms with E-state index >= 15 is 0 Å². The smallest absolute Gasteiger partial charge is 0.130 e. The summed E-state index contributed by atoms with van der Waals surface area (Å²) in [5.74, 6) is 2.14. The SMILES string of the molecule is Cc1cc(Oc2ccc(CCl)cc2C)ccc1Cl. The van der Waals surface area contributed by atoms with Crippen molar-refractivity contribution >= 4 is 23.2 Å². The predicted molar refractivity (Wildman–Crippen MR) is 77.0 cm³/mol. The van der Waals surface area contributed by atoms with Gasteiger partial charge in [0, 0.05) is 10.9 Å². The molecule has 0 fully saturated rings. The van der Waals surface area contributed by atoms with E-state index in [1.807, 2.05) is 50.2 Å². The molecule has 0 radical (unpaired) electrons. The van der Waals surface area contributed by atoms with Crippen LogP contribution in [-0.2, 0) is 5.88 Å². The van der Waals surface area contributed by atoms with E-state index in [1.54, 1.807) is 0 Å². The normalized spacial score (nSPS) is 10.4. The van der Waals surface area contributed by atoms with Crippen molar-refractivity contribution in [2.45, 2.75) is 19.7 Å². The van der Waals surface area contributed by atoms with E-state index < -0.39 is 0 Å². The van der Waals surface area contributed by atoms with Gasteiger partial charge in [0.1, 0.15) is 11.5 Å². The maximum Gasteiger partial charge on any atom is 0.130 e. The first-order chi connectivity index (χ1) is 8.60. The first-order valence-corrected chi connectivity index (χ1v) is 6.61. The highest BCUT2D eigenvalue weighted by molar-refractivity contribution is 6.31. The first-order valence-electron chi connectivity index (χ1n) is 5.69. The molecule has 2 aromatic carbocycles. The van der Waals surface area contributed by atoms with Gasteiger partial charge in [-0.2, -0.15) is 0 Å². The molecule has 0 aliphatic heterocycles. The Balaban J connectivity index is 2.25. The number of alkyl halides is 1. The highest BCUT2D eigenvalue weighted by atomic mass is 35.5. The molecule has 0 bridgehead atoms. The fourth-order valence-electron chi connectivity index (χ4n) is 1.72. The van der Waals surface area contributed by atoms with E-state index in [4.69, 9.17) is 27.9 Å². The third-order valence-corrected chi connectivity index (χ3v) is 3.48. The Morgan fingerprint density at radius 2 is 1.78 bits per heavy atom. The van der Waals surface area contributed by atoms with E-state index in [2.05, 4.69) is 0 Å². The molecule has 0 aliphatic rings. The van der Waals surface area contributed by atoms with Gasteiger partial charge in [0.15, 0.2) is 0 Å². The Hall–Kier alpha value is -1.18.